The molecule has 0 spiro atoms. The van der Waals surface area contributed by atoms with Crippen molar-refractivity contribution in [2.24, 2.45) is 17.2 Å². The molecule has 1 atom stereocenters. The van der Waals surface area contributed by atoms with E-state index in [0.717, 1.165) is 19.3 Å². The van der Waals surface area contributed by atoms with Crippen molar-refractivity contribution >= 4 is 5.97 Å². The maximum Gasteiger partial charge on any atom is 0.323 e. The van der Waals surface area contributed by atoms with Crippen molar-refractivity contribution in [3.05, 3.63) is 0 Å². The molecule has 0 radical (unpaired) electrons. The van der Waals surface area contributed by atoms with Crippen LogP contribution in [0, 0.1) is 0 Å². The highest BCUT2D eigenvalue weighted by Gasteiger charge is 2.32. The molecule has 0 aliphatic heterocycles. The van der Waals surface area contributed by atoms with Gasteiger partial charge in [0.15, 0.2) is 0 Å². The van der Waals surface area contributed by atoms with Gasteiger partial charge in [0.25, 0.3) is 0 Å². The SMILES string of the molecule is CCCCCCCCCCCCCC(N)(N)C(N)C(=O)O. The number of carboxylic acid groups (broad SMARTS) is 1. The van der Waals surface area contributed by atoms with Gasteiger partial charge in [0.1, 0.15) is 6.04 Å². The molecule has 1 unspecified atom stereocenters. The minimum absolute atomic E-state index is 0.456. The van der Waals surface area contributed by atoms with Crippen LogP contribution in [0.15, 0.2) is 0 Å². The second-order valence-corrected chi connectivity index (χ2v) is 6.21. The van der Waals surface area contributed by atoms with Gasteiger partial charge in [-0.05, 0) is 6.42 Å². The van der Waals surface area contributed by atoms with Crippen LogP contribution < -0.4 is 17.2 Å². The minimum Gasteiger partial charge on any atom is -0.480 e. The van der Waals surface area contributed by atoms with Gasteiger partial charge >= 0.3 is 5.97 Å². The fourth-order valence-corrected chi connectivity index (χ4v) is 2.48. The van der Waals surface area contributed by atoms with Crippen molar-refractivity contribution < 1.29 is 9.90 Å². The highest BCUT2D eigenvalue weighted by molar-refractivity contribution is 5.74. The fourth-order valence-electron chi connectivity index (χ4n) is 2.48. The van der Waals surface area contributed by atoms with Gasteiger partial charge in [0.05, 0.1) is 5.66 Å². The van der Waals surface area contributed by atoms with Gasteiger partial charge in [0.2, 0.25) is 0 Å². The minimum atomic E-state index is -1.30. The zero-order valence-electron chi connectivity index (χ0n) is 13.7. The number of aliphatic carboxylic acids is 1. The number of hydrogen-bond donors (Lipinski definition) is 4. The maximum absolute atomic E-state index is 10.8. The lowest BCUT2D eigenvalue weighted by atomic mass is 9.95. The van der Waals surface area contributed by atoms with E-state index in [9.17, 15) is 4.79 Å². The summed E-state index contributed by atoms with van der Waals surface area (Å²) >= 11 is 0. The van der Waals surface area contributed by atoms with E-state index in [1.807, 2.05) is 0 Å². The zero-order chi connectivity index (χ0) is 16.1. The molecule has 0 bridgehead atoms. The predicted octanol–water partition coefficient (Wildman–Crippen LogP) is 2.71. The Kier molecular flexibility index (Phi) is 11.6. The van der Waals surface area contributed by atoms with E-state index >= 15 is 0 Å². The lowest BCUT2D eigenvalue weighted by Crippen LogP contribution is -2.65. The lowest BCUT2D eigenvalue weighted by molar-refractivity contribution is -0.140. The lowest BCUT2D eigenvalue weighted by Gasteiger charge is -2.28. The first-order chi connectivity index (χ1) is 9.91. The Morgan fingerprint density at radius 1 is 0.905 bits per heavy atom. The normalized spacial score (nSPS) is 13.3. The number of carboxylic acids is 1. The Bertz CT molecular complexity index is 270. The van der Waals surface area contributed by atoms with E-state index in [2.05, 4.69) is 6.92 Å². The van der Waals surface area contributed by atoms with Crippen molar-refractivity contribution in [2.75, 3.05) is 0 Å². The molecular weight excluding hydrogens is 266 g/mol. The number of hydrogen-bond acceptors (Lipinski definition) is 4. The first kappa shape index (κ1) is 20.3. The van der Waals surface area contributed by atoms with Crippen LogP contribution in [0.5, 0.6) is 0 Å². The summed E-state index contributed by atoms with van der Waals surface area (Å²) in [6, 6.07) is -1.19. The molecule has 7 N–H and O–H groups in total. The van der Waals surface area contributed by atoms with Crippen LogP contribution in [0.25, 0.3) is 0 Å². The van der Waals surface area contributed by atoms with E-state index in [1.54, 1.807) is 0 Å². The summed E-state index contributed by atoms with van der Waals surface area (Å²) in [6.45, 7) is 2.24. The average Bonchev–Trinajstić information content (AvgIpc) is 2.43. The standard InChI is InChI=1S/C16H35N3O2/c1-2-3-4-5-6-7-8-9-10-11-12-13-16(18,19)14(17)15(20)21/h14H,2-13,17-19H2,1H3,(H,20,21). The van der Waals surface area contributed by atoms with Crippen molar-refractivity contribution in [1.82, 2.24) is 0 Å². The summed E-state index contributed by atoms with van der Waals surface area (Å²) in [7, 11) is 0. The van der Waals surface area contributed by atoms with Crippen LogP contribution >= 0.6 is 0 Å². The molecule has 0 rings (SSSR count). The Morgan fingerprint density at radius 3 is 1.67 bits per heavy atom. The van der Waals surface area contributed by atoms with Crippen LogP contribution in [-0.4, -0.2) is 22.8 Å². The molecule has 0 aliphatic carbocycles. The quantitative estimate of drug-likeness (QED) is 0.291. The molecule has 0 amide bonds. The molecule has 126 valence electrons. The van der Waals surface area contributed by atoms with Crippen LogP contribution in [0.3, 0.4) is 0 Å². The fraction of sp³-hybridized carbons (Fsp3) is 0.938. The van der Waals surface area contributed by atoms with E-state index in [1.165, 1.54) is 51.4 Å². The topological polar surface area (TPSA) is 115 Å². The molecule has 0 aromatic heterocycles. The largest absolute Gasteiger partial charge is 0.480 e. The van der Waals surface area contributed by atoms with Gasteiger partial charge in [-0.3, -0.25) is 4.79 Å². The molecule has 0 heterocycles. The Balaban J connectivity index is 3.42. The summed E-state index contributed by atoms with van der Waals surface area (Å²) < 4.78 is 0. The van der Waals surface area contributed by atoms with Crippen LogP contribution in [0.4, 0.5) is 0 Å². The zero-order valence-corrected chi connectivity index (χ0v) is 13.7. The molecule has 0 saturated heterocycles. The third-order valence-electron chi connectivity index (χ3n) is 4.06. The predicted molar refractivity (Wildman–Crippen MR) is 87.8 cm³/mol. The number of nitrogens with two attached hydrogens (primary N) is 3. The van der Waals surface area contributed by atoms with Crippen molar-refractivity contribution in [3.63, 3.8) is 0 Å². The second-order valence-electron chi connectivity index (χ2n) is 6.21. The van der Waals surface area contributed by atoms with E-state index in [4.69, 9.17) is 22.3 Å². The van der Waals surface area contributed by atoms with Crippen LogP contribution in [0.2, 0.25) is 0 Å². The van der Waals surface area contributed by atoms with Crippen LogP contribution in [-0.2, 0) is 4.79 Å². The van der Waals surface area contributed by atoms with Gasteiger partial charge in [-0.1, -0.05) is 77.6 Å². The number of unbranched alkanes of at least 4 members (excludes halogenated alkanes) is 10. The van der Waals surface area contributed by atoms with Gasteiger partial charge in [-0.25, -0.2) is 0 Å². The summed E-state index contributed by atoms with van der Waals surface area (Å²) in [5, 5.41) is 8.81. The molecule has 0 aliphatic rings. The van der Waals surface area contributed by atoms with Crippen molar-refractivity contribution in [3.8, 4) is 0 Å². The Morgan fingerprint density at radius 2 is 1.29 bits per heavy atom. The highest BCUT2D eigenvalue weighted by atomic mass is 16.4. The molecule has 0 aromatic rings. The first-order valence-corrected chi connectivity index (χ1v) is 8.48. The van der Waals surface area contributed by atoms with Gasteiger partial charge in [-0.2, -0.15) is 0 Å². The molecule has 5 heteroatoms. The summed E-state index contributed by atoms with van der Waals surface area (Å²) in [5.74, 6) is -1.14. The summed E-state index contributed by atoms with van der Waals surface area (Å²) in [6.07, 6.45) is 14.1. The van der Waals surface area contributed by atoms with E-state index < -0.39 is 17.7 Å². The monoisotopic (exact) mass is 301 g/mol. The van der Waals surface area contributed by atoms with Gasteiger partial charge < -0.3 is 22.3 Å². The second kappa shape index (κ2) is 12.0. The third kappa shape index (κ3) is 10.7. The third-order valence-corrected chi connectivity index (χ3v) is 4.06. The van der Waals surface area contributed by atoms with Gasteiger partial charge in [-0.15, -0.1) is 0 Å². The number of carbonyl (C=O) groups is 1. The maximum atomic E-state index is 10.8. The molecule has 21 heavy (non-hydrogen) atoms. The summed E-state index contributed by atoms with van der Waals surface area (Å²) in [4.78, 5) is 10.8. The van der Waals surface area contributed by atoms with E-state index in [-0.39, 0.29) is 0 Å². The molecule has 0 fully saturated rings. The Hall–Kier alpha value is -0.650. The highest BCUT2D eigenvalue weighted by Crippen LogP contribution is 2.14. The number of rotatable bonds is 14. The average molecular weight is 301 g/mol. The van der Waals surface area contributed by atoms with Crippen LogP contribution in [0.1, 0.15) is 84.0 Å². The first-order valence-electron chi connectivity index (χ1n) is 8.48. The van der Waals surface area contributed by atoms with Crippen molar-refractivity contribution in [1.29, 1.82) is 0 Å². The molecular formula is C16H35N3O2. The molecule has 0 saturated carbocycles. The Labute approximate surface area is 129 Å². The van der Waals surface area contributed by atoms with Crippen molar-refractivity contribution in [2.45, 2.75) is 95.7 Å². The smallest absolute Gasteiger partial charge is 0.323 e. The molecule has 5 nitrogen and oxygen atoms in total. The molecule has 0 aromatic carbocycles. The van der Waals surface area contributed by atoms with Gasteiger partial charge in [0, 0.05) is 0 Å². The summed E-state index contributed by atoms with van der Waals surface area (Å²) in [5.41, 5.74) is 15.7. The van der Waals surface area contributed by atoms with E-state index in [0.29, 0.717) is 6.42 Å².